The molecule has 0 radical (unpaired) electrons. The van der Waals surface area contributed by atoms with Gasteiger partial charge in [-0.3, -0.25) is 0 Å². The predicted molar refractivity (Wildman–Crippen MR) is 214 cm³/mol. The number of allylic oxidation sites excluding steroid dienone is 1. The van der Waals surface area contributed by atoms with E-state index in [9.17, 15) is 0 Å². The molecule has 0 aliphatic carbocycles. The van der Waals surface area contributed by atoms with E-state index in [4.69, 9.17) is 0 Å². The Bertz CT molecular complexity index is 1410. The molecule has 0 fully saturated rings. The first kappa shape index (κ1) is 44.0. The number of aryl methyl sites for hydroxylation is 1. The number of benzene rings is 3. The molecule has 3 aromatic rings. The number of fused-ring (bicyclic) bond motifs is 1. The van der Waals surface area contributed by atoms with Gasteiger partial charge in [-0.2, -0.15) is 0 Å². The van der Waals surface area contributed by atoms with Crippen LogP contribution in [-0.4, -0.2) is 18.2 Å². The molecule has 254 valence electrons. The van der Waals surface area contributed by atoms with Gasteiger partial charge < -0.3 is 15.5 Å². The number of amidine groups is 1. The highest BCUT2D eigenvalue weighted by Crippen LogP contribution is 2.34. The second-order valence-corrected chi connectivity index (χ2v) is 11.0. The van der Waals surface area contributed by atoms with Gasteiger partial charge in [0.15, 0.2) is 0 Å². The van der Waals surface area contributed by atoms with Crippen LogP contribution in [0.15, 0.2) is 102 Å². The molecule has 0 amide bonds. The van der Waals surface area contributed by atoms with Gasteiger partial charge in [-0.1, -0.05) is 139 Å². The first-order valence-electron chi connectivity index (χ1n) is 16.4. The van der Waals surface area contributed by atoms with Crippen LogP contribution in [0.3, 0.4) is 0 Å². The zero-order valence-electron chi connectivity index (χ0n) is 30.4. The van der Waals surface area contributed by atoms with Crippen LogP contribution in [0.2, 0.25) is 0 Å². The van der Waals surface area contributed by atoms with E-state index in [-0.39, 0.29) is 12.8 Å². The van der Waals surface area contributed by atoms with Gasteiger partial charge in [0, 0.05) is 27.9 Å². The van der Waals surface area contributed by atoms with Crippen molar-refractivity contribution < 1.29 is 0 Å². The minimum atomic E-state index is 0. The standard InChI is InChI=1S/C33H41N5.C3H8.2C2H6.CH4/c1-10-23(4)35-24(5)34-22-38(12-3)32-20-19-30(28-15-13-14-16-29(28)32)36-25(6)37-31-21-27(33(7,8)9)18-17-26(31)11-2;1-3-2;2*1-2;/h10,12-21,36-37H,1,3,6,11,22H2,2,4-5,7-9H3;3H2,1-2H3;2*1-2H3;1H4/b34-24-,35-23?;;;;. The third-order valence-corrected chi connectivity index (χ3v) is 6.44. The molecule has 5 nitrogen and oxygen atoms in total. The van der Waals surface area contributed by atoms with Crippen molar-refractivity contribution in [3.05, 3.63) is 104 Å². The third kappa shape index (κ3) is 13.9. The second-order valence-electron chi connectivity index (χ2n) is 11.0. The summed E-state index contributed by atoms with van der Waals surface area (Å²) in [6.07, 6.45) is 5.71. The fraction of sp³-hybridized carbons (Fsp3) is 0.415. The van der Waals surface area contributed by atoms with Gasteiger partial charge in [0.25, 0.3) is 0 Å². The van der Waals surface area contributed by atoms with Gasteiger partial charge in [0.05, 0.1) is 5.69 Å². The predicted octanol–water partition coefficient (Wildman–Crippen LogP) is 12.8. The SMILES string of the molecule is C.C=CC(C)=N/C(C)=N\CN(C=C)c1ccc(NC(=C)Nc2cc(C(C)(C)C)ccc2CC)c2ccccc12.CC.CC.CCC. The highest BCUT2D eigenvalue weighted by atomic mass is 15.2. The van der Waals surface area contributed by atoms with E-state index in [1.165, 1.54) is 17.5 Å². The quantitative estimate of drug-likeness (QED) is 0.174. The smallest absolute Gasteiger partial charge is 0.122 e. The lowest BCUT2D eigenvalue weighted by Crippen LogP contribution is -2.17. The van der Waals surface area contributed by atoms with E-state index >= 15 is 0 Å². The Morgan fingerprint density at radius 2 is 1.41 bits per heavy atom. The summed E-state index contributed by atoms with van der Waals surface area (Å²) in [5, 5.41) is 9.19. The van der Waals surface area contributed by atoms with Crippen molar-refractivity contribution in [3.63, 3.8) is 0 Å². The van der Waals surface area contributed by atoms with Crippen LogP contribution < -0.4 is 15.5 Å². The summed E-state index contributed by atoms with van der Waals surface area (Å²) in [6.45, 7) is 37.4. The molecule has 0 saturated heterocycles. The first-order chi connectivity index (χ1) is 21.5. The largest absolute Gasteiger partial charge is 0.342 e. The van der Waals surface area contributed by atoms with Crippen LogP contribution in [0.5, 0.6) is 0 Å². The van der Waals surface area contributed by atoms with Crippen LogP contribution in [0, 0.1) is 0 Å². The molecule has 0 aliphatic heterocycles. The lowest BCUT2D eigenvalue weighted by Gasteiger charge is -2.23. The molecule has 0 bridgehead atoms. The van der Waals surface area contributed by atoms with Crippen LogP contribution in [0.25, 0.3) is 10.8 Å². The topological polar surface area (TPSA) is 52.0 Å². The number of nitrogens with zero attached hydrogens (tertiary/aromatic N) is 3. The number of hydrogen-bond donors (Lipinski definition) is 2. The summed E-state index contributed by atoms with van der Waals surface area (Å²) >= 11 is 0. The number of aliphatic imine (C=N–C) groups is 2. The van der Waals surface area contributed by atoms with E-state index in [0.29, 0.717) is 12.5 Å². The van der Waals surface area contributed by atoms with Crippen molar-refractivity contribution in [1.29, 1.82) is 0 Å². The Morgan fingerprint density at radius 1 is 0.848 bits per heavy atom. The highest BCUT2D eigenvalue weighted by Gasteiger charge is 2.16. The van der Waals surface area contributed by atoms with Crippen LogP contribution in [0.4, 0.5) is 17.1 Å². The molecule has 0 saturated carbocycles. The average Bonchev–Trinajstić information content (AvgIpc) is 3.03. The molecule has 0 spiro atoms. The Morgan fingerprint density at radius 3 is 1.93 bits per heavy atom. The Labute approximate surface area is 283 Å². The fourth-order valence-electron chi connectivity index (χ4n) is 4.21. The van der Waals surface area contributed by atoms with Crippen molar-refractivity contribution >= 4 is 39.4 Å². The van der Waals surface area contributed by atoms with Crippen LogP contribution >= 0.6 is 0 Å². The molecule has 3 rings (SSSR count). The molecule has 46 heavy (non-hydrogen) atoms. The molecular formula is C41H65N5. The van der Waals surface area contributed by atoms with Crippen molar-refractivity contribution in [2.75, 3.05) is 22.2 Å². The summed E-state index contributed by atoms with van der Waals surface area (Å²) in [5.41, 5.74) is 6.52. The Hall–Kier alpha value is -4.12. The van der Waals surface area contributed by atoms with Gasteiger partial charge >= 0.3 is 0 Å². The second kappa shape index (κ2) is 23.3. The molecule has 2 N–H and O–H groups in total. The summed E-state index contributed by atoms with van der Waals surface area (Å²) < 4.78 is 0. The monoisotopic (exact) mass is 628 g/mol. The molecule has 0 unspecified atom stereocenters. The maximum Gasteiger partial charge on any atom is 0.122 e. The number of nitrogens with one attached hydrogen (secondary N) is 2. The fourth-order valence-corrected chi connectivity index (χ4v) is 4.21. The van der Waals surface area contributed by atoms with E-state index < -0.39 is 0 Å². The zero-order chi connectivity index (χ0) is 34.6. The molecule has 0 aliphatic rings. The van der Waals surface area contributed by atoms with Gasteiger partial charge in [-0.25, -0.2) is 9.98 Å². The summed E-state index contributed by atoms with van der Waals surface area (Å²) in [6, 6.07) is 19.1. The van der Waals surface area contributed by atoms with Crippen LogP contribution in [-0.2, 0) is 11.8 Å². The highest BCUT2D eigenvalue weighted by molar-refractivity contribution is 6.03. The summed E-state index contributed by atoms with van der Waals surface area (Å²) in [5.74, 6) is 1.42. The van der Waals surface area contributed by atoms with Crippen LogP contribution in [0.1, 0.15) is 108 Å². The molecule has 5 heteroatoms. The minimum absolute atomic E-state index is 0. The Balaban J connectivity index is 0. The molecule has 3 aromatic carbocycles. The zero-order valence-corrected chi connectivity index (χ0v) is 30.4. The van der Waals surface area contributed by atoms with E-state index in [1.54, 1.807) is 12.3 Å². The van der Waals surface area contributed by atoms with Crippen molar-refractivity contribution in [1.82, 2.24) is 0 Å². The number of hydrogen-bond acceptors (Lipinski definition) is 4. The maximum atomic E-state index is 4.62. The molecular weight excluding hydrogens is 562 g/mol. The molecule has 0 aromatic heterocycles. The Kier molecular flexibility index (Phi) is 22.2. The van der Waals surface area contributed by atoms with Crippen molar-refractivity contribution in [2.24, 2.45) is 9.98 Å². The maximum absolute atomic E-state index is 4.62. The third-order valence-electron chi connectivity index (χ3n) is 6.44. The lowest BCUT2D eigenvalue weighted by atomic mass is 9.86. The normalized spacial score (nSPS) is 10.8. The molecule has 0 atom stereocenters. The number of rotatable bonds is 10. The first-order valence-corrected chi connectivity index (χ1v) is 16.4. The van der Waals surface area contributed by atoms with Crippen molar-refractivity contribution in [2.45, 2.75) is 109 Å². The summed E-state index contributed by atoms with van der Waals surface area (Å²) in [7, 11) is 0. The van der Waals surface area contributed by atoms with E-state index in [1.807, 2.05) is 58.6 Å². The van der Waals surface area contributed by atoms with Gasteiger partial charge in [0.2, 0.25) is 0 Å². The summed E-state index contributed by atoms with van der Waals surface area (Å²) in [4.78, 5) is 11.1. The van der Waals surface area contributed by atoms with Gasteiger partial charge in [-0.05, 0) is 67.3 Å². The lowest BCUT2D eigenvalue weighted by molar-refractivity contribution is 0.590. The molecule has 0 heterocycles. The van der Waals surface area contributed by atoms with Gasteiger partial charge in [-0.15, -0.1) is 0 Å². The van der Waals surface area contributed by atoms with E-state index in [0.717, 1.165) is 45.8 Å². The number of anilines is 3. The van der Waals surface area contributed by atoms with E-state index in [2.05, 4.69) is 124 Å². The van der Waals surface area contributed by atoms with Crippen molar-refractivity contribution in [3.8, 4) is 0 Å². The van der Waals surface area contributed by atoms with Gasteiger partial charge in [0.1, 0.15) is 18.3 Å². The average molecular weight is 628 g/mol. The minimum Gasteiger partial charge on any atom is -0.342 e.